The van der Waals surface area contributed by atoms with Crippen LogP contribution in [0.3, 0.4) is 0 Å². The first kappa shape index (κ1) is 21.1. The quantitative estimate of drug-likeness (QED) is 0.724. The lowest BCUT2D eigenvalue weighted by Crippen LogP contribution is -2.59. The molecular formula is C21H28FN3O4. The highest BCUT2D eigenvalue weighted by molar-refractivity contribution is 6.35. The number of amides is 3. The van der Waals surface area contributed by atoms with Gasteiger partial charge in [-0.25, -0.2) is 9.18 Å². The van der Waals surface area contributed by atoms with Crippen LogP contribution in [0.1, 0.15) is 39.2 Å². The van der Waals surface area contributed by atoms with E-state index < -0.39 is 17.4 Å². The number of piperazine rings is 1. The van der Waals surface area contributed by atoms with Crippen molar-refractivity contribution in [2.45, 2.75) is 51.8 Å². The third kappa shape index (κ3) is 5.25. The zero-order chi connectivity index (χ0) is 21.2. The van der Waals surface area contributed by atoms with Crippen LogP contribution in [0.2, 0.25) is 0 Å². The molecule has 0 aliphatic carbocycles. The first-order valence-corrected chi connectivity index (χ1v) is 9.96. The summed E-state index contributed by atoms with van der Waals surface area (Å²) >= 11 is 0. The molecule has 2 aliphatic rings. The third-order valence-corrected chi connectivity index (χ3v) is 5.16. The predicted molar refractivity (Wildman–Crippen MR) is 104 cm³/mol. The number of benzene rings is 1. The molecule has 0 N–H and O–H groups in total. The van der Waals surface area contributed by atoms with Crippen LogP contribution in [0.4, 0.5) is 9.18 Å². The SMILES string of the molecule is CC(C)(C)OC(=O)N1CCC(N2CCN(Cc3cccc(F)c3)C(=O)C2=O)CC1. The normalized spacial score (nSPS) is 19.0. The standard InChI is InChI=1S/C21H28FN3O4/c1-21(2,3)29-20(28)23-9-7-17(8-10-23)25-12-11-24(18(26)19(25)27)14-15-5-4-6-16(22)13-15/h4-6,13,17H,7-12,14H2,1-3H3. The lowest BCUT2D eigenvalue weighted by atomic mass is 10.0. The zero-order valence-electron chi connectivity index (χ0n) is 17.2. The maximum atomic E-state index is 13.4. The Bertz CT molecular complexity index is 784. The molecule has 2 fully saturated rings. The lowest BCUT2D eigenvalue weighted by molar-refractivity contribution is -0.158. The molecule has 158 valence electrons. The van der Waals surface area contributed by atoms with Gasteiger partial charge in [-0.15, -0.1) is 0 Å². The number of carbonyl (C=O) groups excluding carboxylic acids is 3. The van der Waals surface area contributed by atoms with Gasteiger partial charge in [0.25, 0.3) is 0 Å². The maximum Gasteiger partial charge on any atom is 0.410 e. The molecule has 2 saturated heterocycles. The number of piperidine rings is 1. The molecule has 3 rings (SSSR count). The van der Waals surface area contributed by atoms with E-state index in [4.69, 9.17) is 4.74 Å². The van der Waals surface area contributed by atoms with Crippen LogP contribution in [0.25, 0.3) is 0 Å². The summed E-state index contributed by atoms with van der Waals surface area (Å²) in [6, 6.07) is 5.97. The molecule has 0 bridgehead atoms. The predicted octanol–water partition coefficient (Wildman–Crippen LogP) is 2.40. The molecule has 0 atom stereocenters. The molecule has 29 heavy (non-hydrogen) atoms. The highest BCUT2D eigenvalue weighted by atomic mass is 19.1. The summed E-state index contributed by atoms with van der Waals surface area (Å²) in [7, 11) is 0. The molecule has 8 heteroatoms. The molecule has 2 heterocycles. The number of halogens is 1. The minimum Gasteiger partial charge on any atom is -0.444 e. The maximum absolute atomic E-state index is 13.4. The molecule has 0 spiro atoms. The van der Waals surface area contributed by atoms with Crippen LogP contribution < -0.4 is 0 Å². The van der Waals surface area contributed by atoms with Crippen molar-refractivity contribution in [3.8, 4) is 0 Å². The van der Waals surface area contributed by atoms with E-state index in [-0.39, 0.29) is 24.5 Å². The summed E-state index contributed by atoms with van der Waals surface area (Å²) in [4.78, 5) is 42.1. The molecule has 3 amide bonds. The zero-order valence-corrected chi connectivity index (χ0v) is 17.2. The van der Waals surface area contributed by atoms with Gasteiger partial charge in [-0.2, -0.15) is 0 Å². The van der Waals surface area contributed by atoms with Crippen molar-refractivity contribution in [1.82, 2.24) is 14.7 Å². The molecule has 1 aromatic rings. The van der Waals surface area contributed by atoms with E-state index >= 15 is 0 Å². The van der Waals surface area contributed by atoms with Crippen LogP contribution in [0.5, 0.6) is 0 Å². The van der Waals surface area contributed by atoms with Crippen LogP contribution in [-0.2, 0) is 20.9 Å². The second kappa shape index (κ2) is 8.39. The van der Waals surface area contributed by atoms with E-state index in [1.807, 2.05) is 20.8 Å². The largest absolute Gasteiger partial charge is 0.444 e. The van der Waals surface area contributed by atoms with Crippen LogP contribution >= 0.6 is 0 Å². The lowest BCUT2D eigenvalue weighted by Gasteiger charge is -2.42. The Morgan fingerprint density at radius 1 is 1.10 bits per heavy atom. The fourth-order valence-corrected chi connectivity index (χ4v) is 3.73. The van der Waals surface area contributed by atoms with E-state index in [1.165, 1.54) is 17.0 Å². The number of nitrogens with zero attached hydrogens (tertiary/aromatic N) is 3. The molecule has 0 saturated carbocycles. The molecule has 1 aromatic carbocycles. The van der Waals surface area contributed by atoms with Crippen molar-refractivity contribution in [2.24, 2.45) is 0 Å². The van der Waals surface area contributed by atoms with Crippen LogP contribution in [0.15, 0.2) is 24.3 Å². The minimum absolute atomic E-state index is 0.0681. The fraction of sp³-hybridized carbons (Fsp3) is 0.571. The van der Waals surface area contributed by atoms with Gasteiger partial charge in [0.1, 0.15) is 11.4 Å². The van der Waals surface area contributed by atoms with Crippen LogP contribution in [-0.4, -0.2) is 70.4 Å². The topological polar surface area (TPSA) is 70.2 Å². The summed E-state index contributed by atoms with van der Waals surface area (Å²) in [6.45, 7) is 7.52. The summed E-state index contributed by atoms with van der Waals surface area (Å²) in [5.41, 5.74) is 0.110. The van der Waals surface area contributed by atoms with Gasteiger partial charge < -0.3 is 19.4 Å². The van der Waals surface area contributed by atoms with Crippen molar-refractivity contribution < 1.29 is 23.5 Å². The number of hydrogen-bond acceptors (Lipinski definition) is 4. The first-order chi connectivity index (χ1) is 13.6. The van der Waals surface area contributed by atoms with Crippen molar-refractivity contribution in [3.05, 3.63) is 35.6 Å². The number of rotatable bonds is 3. The number of ether oxygens (including phenoxy) is 1. The summed E-state index contributed by atoms with van der Waals surface area (Å²) in [5, 5.41) is 0. The molecule has 0 radical (unpaired) electrons. The molecular weight excluding hydrogens is 377 g/mol. The molecule has 7 nitrogen and oxygen atoms in total. The van der Waals surface area contributed by atoms with Crippen LogP contribution in [0, 0.1) is 5.82 Å². The van der Waals surface area contributed by atoms with Gasteiger partial charge >= 0.3 is 17.9 Å². The van der Waals surface area contributed by atoms with Gasteiger partial charge in [0.15, 0.2) is 0 Å². The smallest absolute Gasteiger partial charge is 0.410 e. The Balaban J connectivity index is 1.54. The average molecular weight is 405 g/mol. The van der Waals surface area contributed by atoms with Gasteiger partial charge in [0, 0.05) is 38.8 Å². The summed E-state index contributed by atoms with van der Waals surface area (Å²) in [5.74, 6) is -1.45. The summed E-state index contributed by atoms with van der Waals surface area (Å²) < 4.78 is 18.8. The van der Waals surface area contributed by atoms with Gasteiger partial charge in [0.05, 0.1) is 0 Å². The summed E-state index contributed by atoms with van der Waals surface area (Å²) in [6.07, 6.45) is 0.878. The van der Waals surface area contributed by atoms with Crippen molar-refractivity contribution in [2.75, 3.05) is 26.2 Å². The minimum atomic E-state index is -0.560. The number of likely N-dealkylation sites (tertiary alicyclic amines) is 1. The fourth-order valence-electron chi connectivity index (χ4n) is 3.73. The van der Waals surface area contributed by atoms with E-state index in [0.717, 1.165) is 0 Å². The molecule has 0 unspecified atom stereocenters. The van der Waals surface area contributed by atoms with Gasteiger partial charge in [-0.1, -0.05) is 12.1 Å². The van der Waals surface area contributed by atoms with Gasteiger partial charge in [-0.05, 0) is 51.3 Å². The Morgan fingerprint density at radius 3 is 2.41 bits per heavy atom. The second-order valence-electron chi connectivity index (χ2n) is 8.55. The highest BCUT2D eigenvalue weighted by Crippen LogP contribution is 2.22. The average Bonchev–Trinajstić information content (AvgIpc) is 2.64. The Morgan fingerprint density at radius 2 is 1.79 bits per heavy atom. The van der Waals surface area contributed by atoms with E-state index in [1.54, 1.807) is 21.9 Å². The number of carbonyl (C=O) groups is 3. The van der Waals surface area contributed by atoms with Crippen molar-refractivity contribution in [3.63, 3.8) is 0 Å². The van der Waals surface area contributed by atoms with Gasteiger partial charge in [0.2, 0.25) is 0 Å². The molecule has 2 aliphatic heterocycles. The van der Waals surface area contributed by atoms with E-state index in [9.17, 15) is 18.8 Å². The van der Waals surface area contributed by atoms with Gasteiger partial charge in [-0.3, -0.25) is 9.59 Å². The first-order valence-electron chi connectivity index (χ1n) is 9.96. The van der Waals surface area contributed by atoms with Crippen molar-refractivity contribution >= 4 is 17.9 Å². The van der Waals surface area contributed by atoms with E-state index in [0.29, 0.717) is 44.6 Å². The third-order valence-electron chi connectivity index (χ3n) is 5.16. The second-order valence-corrected chi connectivity index (χ2v) is 8.55. The van der Waals surface area contributed by atoms with E-state index in [2.05, 4.69) is 0 Å². The Labute approximate surface area is 170 Å². The Kier molecular flexibility index (Phi) is 6.10. The van der Waals surface area contributed by atoms with Crippen molar-refractivity contribution in [1.29, 1.82) is 0 Å². The molecule has 0 aromatic heterocycles. The Hall–Kier alpha value is -2.64. The number of hydrogen-bond donors (Lipinski definition) is 0. The monoisotopic (exact) mass is 405 g/mol. The highest BCUT2D eigenvalue weighted by Gasteiger charge is 2.38.